The first-order chi connectivity index (χ1) is 9.46. The van der Waals surface area contributed by atoms with Crippen molar-refractivity contribution in [3.8, 4) is 5.75 Å². The van der Waals surface area contributed by atoms with Gasteiger partial charge in [-0.15, -0.1) is 0 Å². The fourth-order valence-electron chi connectivity index (χ4n) is 2.63. The number of benzene rings is 1. The second kappa shape index (κ2) is 6.11. The normalized spacial score (nSPS) is 18.6. The molecule has 2 rings (SSSR count). The Hall–Kier alpha value is -1.11. The molecule has 1 fully saturated rings. The summed E-state index contributed by atoms with van der Waals surface area (Å²) in [6.45, 7) is 4.95. The fraction of sp³-hybridized carbons (Fsp3) is 0.571. The van der Waals surface area contributed by atoms with E-state index < -0.39 is 10.0 Å². The molecule has 0 spiro atoms. The molecular weight excluding hydrogens is 276 g/mol. The SMILES string of the molecule is CCN1CCC(N(C)S(=O)(=O)c2ccccc2O)CC1. The minimum absolute atomic E-state index is 0.00223. The van der Waals surface area contributed by atoms with Gasteiger partial charge < -0.3 is 10.0 Å². The Kier molecular flexibility index (Phi) is 4.67. The van der Waals surface area contributed by atoms with Gasteiger partial charge in [-0.2, -0.15) is 4.31 Å². The van der Waals surface area contributed by atoms with Crippen molar-refractivity contribution in [3.05, 3.63) is 24.3 Å². The van der Waals surface area contributed by atoms with E-state index in [0.29, 0.717) is 0 Å². The molecule has 1 aromatic rings. The molecule has 0 aliphatic carbocycles. The van der Waals surface area contributed by atoms with Crippen molar-refractivity contribution in [2.75, 3.05) is 26.7 Å². The molecule has 1 aliphatic rings. The summed E-state index contributed by atoms with van der Waals surface area (Å²) in [7, 11) is -2.02. The number of hydrogen-bond donors (Lipinski definition) is 1. The Bertz CT molecular complexity index is 551. The molecule has 0 amide bonds. The predicted octanol–water partition coefficient (Wildman–Crippen LogP) is 1.50. The Morgan fingerprint density at radius 3 is 2.45 bits per heavy atom. The van der Waals surface area contributed by atoms with Gasteiger partial charge in [0.1, 0.15) is 10.6 Å². The molecule has 1 heterocycles. The number of hydrogen-bond acceptors (Lipinski definition) is 4. The lowest BCUT2D eigenvalue weighted by Gasteiger charge is -2.35. The van der Waals surface area contributed by atoms with Gasteiger partial charge >= 0.3 is 0 Å². The standard InChI is InChI=1S/C14H22N2O3S/c1-3-16-10-8-12(9-11-16)15(2)20(18,19)14-7-5-4-6-13(14)17/h4-7,12,17H,3,8-11H2,1-2H3. The zero-order valence-corrected chi connectivity index (χ0v) is 12.8. The number of likely N-dealkylation sites (tertiary alicyclic amines) is 1. The minimum atomic E-state index is -3.63. The fourth-order valence-corrected chi connectivity index (χ4v) is 4.12. The van der Waals surface area contributed by atoms with E-state index in [9.17, 15) is 13.5 Å². The van der Waals surface area contributed by atoms with Gasteiger partial charge in [0.15, 0.2) is 0 Å². The maximum absolute atomic E-state index is 12.6. The molecule has 1 aliphatic heterocycles. The largest absolute Gasteiger partial charge is 0.507 e. The summed E-state index contributed by atoms with van der Waals surface area (Å²) in [5, 5.41) is 9.76. The van der Waals surface area contributed by atoms with Crippen LogP contribution in [-0.2, 0) is 10.0 Å². The van der Waals surface area contributed by atoms with Gasteiger partial charge in [0.2, 0.25) is 10.0 Å². The molecule has 1 aromatic carbocycles. The monoisotopic (exact) mass is 298 g/mol. The molecule has 1 saturated heterocycles. The van der Waals surface area contributed by atoms with Crippen LogP contribution in [0.25, 0.3) is 0 Å². The molecule has 0 saturated carbocycles. The van der Waals surface area contributed by atoms with Crippen molar-refractivity contribution >= 4 is 10.0 Å². The third kappa shape index (κ3) is 2.97. The summed E-state index contributed by atoms with van der Waals surface area (Å²) in [6.07, 6.45) is 1.66. The average molecular weight is 298 g/mol. The summed E-state index contributed by atoms with van der Waals surface area (Å²) >= 11 is 0. The molecule has 6 heteroatoms. The van der Waals surface area contributed by atoms with Crippen LogP contribution in [0.5, 0.6) is 5.75 Å². The first-order valence-corrected chi connectivity index (χ1v) is 8.39. The third-order valence-corrected chi connectivity index (χ3v) is 6.00. The molecule has 0 bridgehead atoms. The molecule has 112 valence electrons. The first-order valence-electron chi connectivity index (χ1n) is 6.95. The summed E-state index contributed by atoms with van der Waals surface area (Å²) in [5.74, 6) is -0.189. The van der Waals surface area contributed by atoms with Gasteiger partial charge in [-0.05, 0) is 44.6 Å². The maximum atomic E-state index is 12.6. The summed E-state index contributed by atoms with van der Waals surface area (Å²) in [6, 6.07) is 6.10. The summed E-state index contributed by atoms with van der Waals surface area (Å²) in [4.78, 5) is 2.30. The highest BCUT2D eigenvalue weighted by atomic mass is 32.2. The van der Waals surface area contributed by atoms with Crippen LogP contribution in [0.2, 0.25) is 0 Å². The van der Waals surface area contributed by atoms with Crippen LogP contribution in [-0.4, -0.2) is 55.5 Å². The quantitative estimate of drug-likeness (QED) is 0.915. The predicted molar refractivity (Wildman–Crippen MR) is 78.2 cm³/mol. The second-order valence-electron chi connectivity index (χ2n) is 5.15. The number of nitrogens with zero attached hydrogens (tertiary/aromatic N) is 2. The van der Waals surface area contributed by atoms with Crippen LogP contribution >= 0.6 is 0 Å². The average Bonchev–Trinajstić information content (AvgIpc) is 2.47. The highest BCUT2D eigenvalue weighted by Gasteiger charge is 2.31. The smallest absolute Gasteiger partial charge is 0.246 e. The van der Waals surface area contributed by atoms with E-state index in [1.54, 1.807) is 19.2 Å². The molecule has 0 radical (unpaired) electrons. The van der Waals surface area contributed by atoms with Crippen molar-refractivity contribution in [2.45, 2.75) is 30.7 Å². The number of phenolic OH excluding ortho intramolecular Hbond substituents is 1. The minimum Gasteiger partial charge on any atom is -0.507 e. The van der Waals surface area contributed by atoms with Gasteiger partial charge in [0.25, 0.3) is 0 Å². The molecule has 5 nitrogen and oxygen atoms in total. The van der Waals surface area contributed by atoms with E-state index in [0.717, 1.165) is 32.5 Å². The van der Waals surface area contributed by atoms with Crippen LogP contribution in [0.15, 0.2) is 29.2 Å². The van der Waals surface area contributed by atoms with E-state index >= 15 is 0 Å². The van der Waals surface area contributed by atoms with Crippen molar-refractivity contribution in [2.24, 2.45) is 0 Å². The van der Waals surface area contributed by atoms with Gasteiger partial charge in [0.05, 0.1) is 0 Å². The topological polar surface area (TPSA) is 60.9 Å². The lowest BCUT2D eigenvalue weighted by atomic mass is 10.1. The number of para-hydroxylation sites is 1. The Labute approximate surface area is 120 Å². The van der Waals surface area contributed by atoms with E-state index in [-0.39, 0.29) is 16.7 Å². The molecule has 0 atom stereocenters. The first kappa shape index (κ1) is 15.3. The summed E-state index contributed by atoms with van der Waals surface area (Å²) in [5.41, 5.74) is 0. The van der Waals surface area contributed by atoms with E-state index in [1.165, 1.54) is 16.4 Å². The van der Waals surface area contributed by atoms with Crippen molar-refractivity contribution in [3.63, 3.8) is 0 Å². The van der Waals surface area contributed by atoms with Gasteiger partial charge in [-0.3, -0.25) is 0 Å². The van der Waals surface area contributed by atoms with Crippen molar-refractivity contribution in [1.29, 1.82) is 0 Å². The van der Waals surface area contributed by atoms with Crippen LogP contribution in [0.1, 0.15) is 19.8 Å². The number of sulfonamides is 1. The highest BCUT2D eigenvalue weighted by molar-refractivity contribution is 7.89. The van der Waals surface area contributed by atoms with Gasteiger partial charge in [-0.1, -0.05) is 19.1 Å². The van der Waals surface area contributed by atoms with E-state index in [1.807, 2.05) is 0 Å². The van der Waals surface area contributed by atoms with Gasteiger partial charge in [-0.25, -0.2) is 8.42 Å². The number of rotatable bonds is 4. The Morgan fingerprint density at radius 2 is 1.90 bits per heavy atom. The molecule has 0 aromatic heterocycles. The molecule has 1 N–H and O–H groups in total. The number of aromatic hydroxyl groups is 1. The van der Waals surface area contributed by atoms with Crippen LogP contribution in [0.3, 0.4) is 0 Å². The highest BCUT2D eigenvalue weighted by Crippen LogP contribution is 2.27. The molecule has 20 heavy (non-hydrogen) atoms. The Balaban J connectivity index is 2.16. The van der Waals surface area contributed by atoms with Crippen LogP contribution in [0, 0.1) is 0 Å². The third-order valence-electron chi connectivity index (χ3n) is 4.04. The van der Waals surface area contributed by atoms with Crippen LogP contribution < -0.4 is 0 Å². The Morgan fingerprint density at radius 1 is 1.30 bits per heavy atom. The maximum Gasteiger partial charge on any atom is 0.246 e. The molecular formula is C14H22N2O3S. The lowest BCUT2D eigenvalue weighted by Crippen LogP contribution is -2.45. The summed E-state index contributed by atoms with van der Waals surface area (Å²) < 4.78 is 26.5. The zero-order chi connectivity index (χ0) is 14.8. The van der Waals surface area contributed by atoms with Crippen molar-refractivity contribution < 1.29 is 13.5 Å². The second-order valence-corrected chi connectivity index (χ2v) is 7.12. The molecule has 0 unspecified atom stereocenters. The van der Waals surface area contributed by atoms with Crippen molar-refractivity contribution in [1.82, 2.24) is 9.21 Å². The van der Waals surface area contributed by atoms with E-state index in [2.05, 4.69) is 11.8 Å². The van der Waals surface area contributed by atoms with E-state index in [4.69, 9.17) is 0 Å². The van der Waals surface area contributed by atoms with Crippen LogP contribution in [0.4, 0.5) is 0 Å². The zero-order valence-electron chi connectivity index (χ0n) is 12.0. The van der Waals surface area contributed by atoms with Gasteiger partial charge in [0, 0.05) is 13.1 Å². The number of piperidine rings is 1. The number of phenols is 1. The lowest BCUT2D eigenvalue weighted by molar-refractivity contribution is 0.176.